The van der Waals surface area contributed by atoms with Gasteiger partial charge in [-0.1, -0.05) is 0 Å². The fourth-order valence-electron chi connectivity index (χ4n) is 1.26. The van der Waals surface area contributed by atoms with E-state index in [-0.39, 0.29) is 17.5 Å². The second-order valence-corrected chi connectivity index (χ2v) is 3.61. The lowest BCUT2D eigenvalue weighted by Crippen LogP contribution is -2.26. The molecule has 1 heterocycles. The molecule has 8 nitrogen and oxygen atoms in total. The summed E-state index contributed by atoms with van der Waals surface area (Å²) in [7, 11) is 0. The summed E-state index contributed by atoms with van der Waals surface area (Å²) in [5.41, 5.74) is 7.48. The van der Waals surface area contributed by atoms with Gasteiger partial charge < -0.3 is 16.5 Å². The van der Waals surface area contributed by atoms with Gasteiger partial charge in [0.2, 0.25) is 5.91 Å². The molecule has 1 aromatic heterocycles. The number of carbonyl (C=O) groups excluding carboxylic acids is 2. The number of hydrazine groups is 1. The van der Waals surface area contributed by atoms with Crippen molar-refractivity contribution in [2.24, 2.45) is 11.6 Å². The molecule has 1 rings (SSSR count). The van der Waals surface area contributed by atoms with Crippen LogP contribution < -0.4 is 22.3 Å². The van der Waals surface area contributed by atoms with Crippen molar-refractivity contribution in [2.45, 2.75) is 19.3 Å². The minimum absolute atomic E-state index is 0.181. The number of nitrogens with zero attached hydrogens (tertiary/aromatic N) is 2. The molecule has 0 bridgehead atoms. The zero-order chi connectivity index (χ0) is 13.4. The van der Waals surface area contributed by atoms with Gasteiger partial charge in [-0.3, -0.25) is 14.6 Å². The minimum atomic E-state index is -0.339. The van der Waals surface area contributed by atoms with Crippen LogP contribution >= 0.6 is 0 Å². The Balaban J connectivity index is 2.33. The summed E-state index contributed by atoms with van der Waals surface area (Å²) >= 11 is 0. The van der Waals surface area contributed by atoms with Crippen molar-refractivity contribution < 1.29 is 9.59 Å². The summed E-state index contributed by atoms with van der Waals surface area (Å²) in [5, 5.41) is 2.66. The number of hydrogen-bond donors (Lipinski definition) is 4. The number of nitrogen functional groups attached to an aromatic ring is 1. The molecule has 1 aromatic rings. The van der Waals surface area contributed by atoms with Crippen LogP contribution in [0.4, 0.5) is 5.82 Å². The van der Waals surface area contributed by atoms with E-state index < -0.39 is 0 Å². The molecule has 0 unspecified atom stereocenters. The number of aromatic nitrogens is 2. The van der Waals surface area contributed by atoms with Crippen LogP contribution in [0.15, 0.2) is 12.4 Å². The first-order valence-corrected chi connectivity index (χ1v) is 5.48. The number of unbranched alkanes of at least 4 members (excludes halogenated alkanes) is 1. The molecular formula is C10H16N6O2. The third kappa shape index (κ3) is 4.74. The van der Waals surface area contributed by atoms with Crippen LogP contribution in [0, 0.1) is 0 Å². The van der Waals surface area contributed by atoms with E-state index in [1.165, 1.54) is 12.4 Å². The lowest BCUT2D eigenvalue weighted by atomic mass is 10.2. The molecule has 0 fully saturated rings. The molecule has 0 saturated heterocycles. The van der Waals surface area contributed by atoms with Crippen molar-refractivity contribution in [1.29, 1.82) is 0 Å². The van der Waals surface area contributed by atoms with Crippen molar-refractivity contribution in [2.75, 3.05) is 12.0 Å². The molecule has 0 aromatic carbocycles. The van der Waals surface area contributed by atoms with E-state index in [4.69, 9.17) is 11.6 Å². The van der Waals surface area contributed by atoms with Crippen LogP contribution in [0.1, 0.15) is 29.8 Å². The average Bonchev–Trinajstić information content (AvgIpc) is 2.37. The number of nitrogens with two attached hydrogens (primary N) is 2. The molecule has 0 atom stereocenters. The van der Waals surface area contributed by atoms with Gasteiger partial charge in [-0.05, 0) is 12.8 Å². The Morgan fingerprint density at radius 2 is 2.06 bits per heavy atom. The molecule has 0 saturated carbocycles. The van der Waals surface area contributed by atoms with Crippen molar-refractivity contribution >= 4 is 17.6 Å². The summed E-state index contributed by atoms with van der Waals surface area (Å²) in [6.45, 7) is 0.452. The Labute approximate surface area is 104 Å². The summed E-state index contributed by atoms with van der Waals surface area (Å²) in [4.78, 5) is 29.9. The van der Waals surface area contributed by atoms with Crippen LogP contribution in [0.3, 0.4) is 0 Å². The van der Waals surface area contributed by atoms with Crippen LogP contribution in [0.5, 0.6) is 0 Å². The normalized spacial score (nSPS) is 9.83. The van der Waals surface area contributed by atoms with Gasteiger partial charge in [0.25, 0.3) is 5.91 Å². The van der Waals surface area contributed by atoms with Crippen molar-refractivity contribution in [3.05, 3.63) is 18.1 Å². The molecule has 8 heteroatoms. The number of hydrogen-bond acceptors (Lipinski definition) is 6. The zero-order valence-corrected chi connectivity index (χ0v) is 9.85. The lowest BCUT2D eigenvalue weighted by Gasteiger charge is -2.05. The van der Waals surface area contributed by atoms with E-state index in [2.05, 4.69) is 20.7 Å². The maximum absolute atomic E-state index is 11.6. The van der Waals surface area contributed by atoms with Gasteiger partial charge in [0, 0.05) is 13.0 Å². The fraction of sp³-hybridized carbons (Fsp3) is 0.400. The Morgan fingerprint density at radius 1 is 1.28 bits per heavy atom. The van der Waals surface area contributed by atoms with Crippen LogP contribution in [0.25, 0.3) is 0 Å². The largest absolute Gasteiger partial charge is 0.370 e. The first-order valence-electron chi connectivity index (χ1n) is 5.48. The highest BCUT2D eigenvalue weighted by molar-refractivity contribution is 5.92. The van der Waals surface area contributed by atoms with E-state index in [0.29, 0.717) is 31.6 Å². The number of primary amides is 1. The molecule has 18 heavy (non-hydrogen) atoms. The fourth-order valence-corrected chi connectivity index (χ4v) is 1.26. The molecule has 0 radical (unpaired) electrons. The minimum Gasteiger partial charge on any atom is -0.370 e. The number of carbonyl (C=O) groups is 2. The summed E-state index contributed by atoms with van der Waals surface area (Å²) in [6.07, 6.45) is 4.40. The predicted octanol–water partition coefficient (Wildman–Crippen LogP) is -0.852. The Morgan fingerprint density at radius 3 is 2.72 bits per heavy atom. The quantitative estimate of drug-likeness (QED) is 0.283. The average molecular weight is 252 g/mol. The number of nitrogens with one attached hydrogen (secondary N) is 2. The molecule has 98 valence electrons. The number of amides is 2. The molecular weight excluding hydrogens is 236 g/mol. The lowest BCUT2D eigenvalue weighted by molar-refractivity contribution is -0.118. The molecule has 0 aliphatic heterocycles. The smallest absolute Gasteiger partial charge is 0.271 e. The van der Waals surface area contributed by atoms with Crippen molar-refractivity contribution in [1.82, 2.24) is 15.3 Å². The van der Waals surface area contributed by atoms with Crippen LogP contribution in [0.2, 0.25) is 0 Å². The highest BCUT2D eigenvalue weighted by Crippen LogP contribution is 2.00. The Kier molecular flexibility index (Phi) is 5.52. The van der Waals surface area contributed by atoms with Gasteiger partial charge in [-0.15, -0.1) is 0 Å². The SMILES string of the molecule is NNc1cncc(C(=O)NCCCCC(N)=O)n1. The monoisotopic (exact) mass is 252 g/mol. The van der Waals surface area contributed by atoms with E-state index in [0.717, 1.165) is 0 Å². The van der Waals surface area contributed by atoms with Gasteiger partial charge in [0.1, 0.15) is 5.69 Å². The van der Waals surface area contributed by atoms with Gasteiger partial charge in [0.05, 0.1) is 12.4 Å². The van der Waals surface area contributed by atoms with Gasteiger partial charge >= 0.3 is 0 Å². The first-order chi connectivity index (χ1) is 8.63. The maximum Gasteiger partial charge on any atom is 0.271 e. The number of rotatable bonds is 7. The van der Waals surface area contributed by atoms with E-state index in [1.54, 1.807) is 0 Å². The molecule has 0 aliphatic rings. The molecule has 0 aliphatic carbocycles. The summed E-state index contributed by atoms with van der Waals surface area (Å²) in [5.74, 6) is 4.80. The second kappa shape index (κ2) is 7.17. The second-order valence-electron chi connectivity index (χ2n) is 3.61. The van der Waals surface area contributed by atoms with E-state index >= 15 is 0 Å². The Hall–Kier alpha value is -2.22. The van der Waals surface area contributed by atoms with Gasteiger partial charge in [-0.25, -0.2) is 10.8 Å². The van der Waals surface area contributed by atoms with Crippen LogP contribution in [-0.4, -0.2) is 28.3 Å². The first kappa shape index (κ1) is 13.8. The topological polar surface area (TPSA) is 136 Å². The van der Waals surface area contributed by atoms with Crippen LogP contribution in [-0.2, 0) is 4.79 Å². The highest BCUT2D eigenvalue weighted by atomic mass is 16.2. The maximum atomic E-state index is 11.6. The van der Waals surface area contributed by atoms with E-state index in [9.17, 15) is 9.59 Å². The molecule has 6 N–H and O–H groups in total. The number of anilines is 1. The summed E-state index contributed by atoms with van der Waals surface area (Å²) in [6, 6.07) is 0. The zero-order valence-electron chi connectivity index (χ0n) is 9.85. The van der Waals surface area contributed by atoms with Crippen molar-refractivity contribution in [3.8, 4) is 0 Å². The highest BCUT2D eigenvalue weighted by Gasteiger charge is 2.07. The van der Waals surface area contributed by atoms with Gasteiger partial charge in [-0.2, -0.15) is 0 Å². The van der Waals surface area contributed by atoms with Crippen molar-refractivity contribution in [3.63, 3.8) is 0 Å². The summed E-state index contributed by atoms with van der Waals surface area (Å²) < 4.78 is 0. The third-order valence-corrected chi connectivity index (χ3v) is 2.15. The standard InChI is InChI=1S/C10H16N6O2/c11-8(17)3-1-2-4-14-10(18)7-5-13-6-9(15-7)16-12/h5-6H,1-4,12H2,(H2,11,17)(H,14,18)(H,15,16). The molecule has 0 spiro atoms. The predicted molar refractivity (Wildman–Crippen MR) is 65.2 cm³/mol. The molecule has 2 amide bonds. The van der Waals surface area contributed by atoms with E-state index in [1.807, 2.05) is 0 Å². The third-order valence-electron chi connectivity index (χ3n) is 2.15. The Bertz CT molecular complexity index is 423. The van der Waals surface area contributed by atoms with Gasteiger partial charge in [0.15, 0.2) is 5.82 Å².